The van der Waals surface area contributed by atoms with E-state index in [0.717, 1.165) is 40.2 Å². The van der Waals surface area contributed by atoms with Crippen molar-refractivity contribution in [3.05, 3.63) is 100.0 Å². The Kier molecular flexibility index (Phi) is 10.2. The number of rotatable bonds is 10. The quantitative estimate of drug-likeness (QED) is 0.248. The average molecular weight is 582 g/mol. The molecule has 6 heteroatoms. The van der Waals surface area contributed by atoms with Crippen LogP contribution in [-0.2, 0) is 11.3 Å². The molecular weight excluding hydrogens is 538 g/mol. The molecule has 220 valence electrons. The summed E-state index contributed by atoms with van der Waals surface area (Å²) in [6.45, 7) is 8.52. The van der Waals surface area contributed by atoms with Gasteiger partial charge in [0.25, 0.3) is 11.8 Å². The molecule has 1 N–H and O–H groups in total. The maximum Gasteiger partial charge on any atom is 0.265 e. The van der Waals surface area contributed by atoms with Gasteiger partial charge in [0.1, 0.15) is 0 Å². The summed E-state index contributed by atoms with van der Waals surface area (Å²) >= 11 is 1.47. The molecule has 1 fully saturated rings. The van der Waals surface area contributed by atoms with E-state index in [9.17, 15) is 9.59 Å². The van der Waals surface area contributed by atoms with Crippen molar-refractivity contribution >= 4 is 35.3 Å². The Morgan fingerprint density at radius 2 is 1.83 bits per heavy atom. The van der Waals surface area contributed by atoms with Gasteiger partial charge in [0.15, 0.2) is 0 Å². The van der Waals surface area contributed by atoms with Gasteiger partial charge in [0.05, 0.1) is 17.1 Å². The first-order chi connectivity index (χ1) is 20.4. The summed E-state index contributed by atoms with van der Waals surface area (Å²) in [6, 6.07) is 25.1. The van der Waals surface area contributed by atoms with Gasteiger partial charge in [-0.1, -0.05) is 98.1 Å². The summed E-state index contributed by atoms with van der Waals surface area (Å²) in [7, 11) is 0. The zero-order valence-electron chi connectivity index (χ0n) is 25.1. The van der Waals surface area contributed by atoms with Crippen LogP contribution >= 0.6 is 11.8 Å². The van der Waals surface area contributed by atoms with Crippen LogP contribution in [0.3, 0.4) is 0 Å². The van der Waals surface area contributed by atoms with Crippen LogP contribution in [0.2, 0.25) is 0 Å². The average Bonchev–Trinajstić information content (AvgIpc) is 3.01. The molecule has 0 saturated heterocycles. The molecule has 3 aromatic rings. The number of benzene rings is 3. The maximum absolute atomic E-state index is 13.9. The van der Waals surface area contributed by atoms with Crippen LogP contribution in [0.5, 0.6) is 0 Å². The molecule has 0 aromatic heterocycles. The van der Waals surface area contributed by atoms with Gasteiger partial charge in [-0.2, -0.15) is 0 Å². The van der Waals surface area contributed by atoms with E-state index in [1.165, 1.54) is 43.9 Å². The highest BCUT2D eigenvalue weighted by Gasteiger charge is 2.30. The third kappa shape index (κ3) is 7.34. The number of amides is 2. The number of carbonyl (C=O) groups excluding carboxylic acids is 2. The number of hydrogen-bond acceptors (Lipinski definition) is 4. The minimum Gasteiger partial charge on any atom is -0.351 e. The van der Waals surface area contributed by atoms with Gasteiger partial charge in [0, 0.05) is 35.6 Å². The summed E-state index contributed by atoms with van der Waals surface area (Å²) < 4.78 is 0. The largest absolute Gasteiger partial charge is 0.351 e. The molecule has 2 aliphatic rings. The molecule has 0 radical (unpaired) electrons. The number of thioether (sulfide) groups is 1. The molecule has 1 saturated carbocycles. The molecule has 3 aromatic carbocycles. The summed E-state index contributed by atoms with van der Waals surface area (Å²) in [5.41, 5.74) is 4.57. The second-order valence-electron chi connectivity index (χ2n) is 11.6. The maximum atomic E-state index is 13.9. The van der Waals surface area contributed by atoms with Gasteiger partial charge < -0.3 is 10.2 Å². The minimum atomic E-state index is -0.0934. The highest BCUT2D eigenvalue weighted by Crippen LogP contribution is 2.43. The predicted molar refractivity (Wildman–Crippen MR) is 175 cm³/mol. The Morgan fingerprint density at radius 1 is 1.05 bits per heavy atom. The Bertz CT molecular complexity index is 1410. The molecule has 1 aliphatic heterocycles. The predicted octanol–water partition coefficient (Wildman–Crippen LogP) is 7.84. The lowest BCUT2D eigenvalue weighted by atomic mass is 9.93. The lowest BCUT2D eigenvalue weighted by Gasteiger charge is -2.38. The van der Waals surface area contributed by atoms with Crippen LogP contribution in [0.4, 0.5) is 5.69 Å². The number of nitrogens with one attached hydrogen (secondary N) is 1. The van der Waals surface area contributed by atoms with E-state index in [-0.39, 0.29) is 11.8 Å². The van der Waals surface area contributed by atoms with Gasteiger partial charge in [-0.05, 0) is 68.5 Å². The number of anilines is 1. The second-order valence-corrected chi connectivity index (χ2v) is 12.7. The minimum absolute atomic E-state index is 0.0490. The highest BCUT2D eigenvalue weighted by molar-refractivity contribution is 8.04. The van der Waals surface area contributed by atoms with Gasteiger partial charge in [-0.25, -0.2) is 0 Å². The molecule has 42 heavy (non-hydrogen) atoms. The van der Waals surface area contributed by atoms with E-state index in [1.54, 1.807) is 0 Å². The van der Waals surface area contributed by atoms with Crippen molar-refractivity contribution in [2.75, 3.05) is 18.0 Å². The normalized spacial score (nSPS) is 17.4. The summed E-state index contributed by atoms with van der Waals surface area (Å²) in [5.74, 6) is -0.142. The van der Waals surface area contributed by atoms with Crippen molar-refractivity contribution in [3.8, 4) is 0 Å². The lowest BCUT2D eigenvalue weighted by Crippen LogP contribution is -2.46. The highest BCUT2D eigenvalue weighted by atomic mass is 32.2. The molecule has 5 nitrogen and oxygen atoms in total. The number of nitrogens with zero attached hydrogens (tertiary/aromatic N) is 2. The molecule has 0 spiro atoms. The molecular formula is C36H43N3O2S. The number of carbonyl (C=O) groups is 2. The van der Waals surface area contributed by atoms with Gasteiger partial charge in [-0.3, -0.25) is 14.5 Å². The third-order valence-electron chi connectivity index (χ3n) is 8.56. The summed E-state index contributed by atoms with van der Waals surface area (Å²) in [4.78, 5) is 33.3. The molecule has 1 heterocycles. The number of hydrogen-bond donors (Lipinski definition) is 1. The monoisotopic (exact) mass is 581 g/mol. The zero-order chi connectivity index (χ0) is 29.5. The van der Waals surface area contributed by atoms with E-state index in [0.29, 0.717) is 35.6 Å². The fraction of sp³-hybridized carbons (Fsp3) is 0.389. The Balaban J connectivity index is 1.36. The van der Waals surface area contributed by atoms with E-state index in [1.807, 2.05) is 71.6 Å². The first kappa shape index (κ1) is 30.1. The first-order valence-electron chi connectivity index (χ1n) is 15.4. The Morgan fingerprint density at radius 3 is 2.57 bits per heavy atom. The summed E-state index contributed by atoms with van der Waals surface area (Å²) in [6.07, 6.45) is 9.52. The van der Waals surface area contributed by atoms with Crippen molar-refractivity contribution < 1.29 is 9.59 Å². The van der Waals surface area contributed by atoms with Crippen LogP contribution in [0.15, 0.2) is 82.6 Å². The van der Waals surface area contributed by atoms with Crippen LogP contribution < -0.4 is 10.2 Å². The van der Waals surface area contributed by atoms with Crippen molar-refractivity contribution in [3.63, 3.8) is 0 Å². The Hall–Kier alpha value is -3.35. The van der Waals surface area contributed by atoms with Gasteiger partial charge in [0.2, 0.25) is 0 Å². The standard InChI is InChI=1S/C36H43N3O2S/c1-4-27(3)38(31-16-9-6-10-17-31)21-20-37-35(40)30-18-19-33-32(24-30)39(25-29-15-11-12-26(2)22-29)36(41)34(42-33)23-28-13-7-5-8-14-28/h5,7-8,11-15,18-19,22-24,27,31H,4,6,9-10,16-17,20-21,25H2,1-3H3,(H,37,40)/b34-23-. The van der Waals surface area contributed by atoms with Gasteiger partial charge >= 0.3 is 0 Å². The Labute approximate surface area is 255 Å². The van der Waals surface area contributed by atoms with Gasteiger partial charge in [-0.15, -0.1) is 0 Å². The second kappa shape index (κ2) is 14.2. The fourth-order valence-electron chi connectivity index (χ4n) is 6.11. The van der Waals surface area contributed by atoms with Crippen molar-refractivity contribution in [1.82, 2.24) is 10.2 Å². The molecule has 5 rings (SSSR count). The van der Waals surface area contributed by atoms with E-state index in [4.69, 9.17) is 0 Å². The molecule has 1 atom stereocenters. The SMILES string of the molecule is CCC(C)N(CCNC(=O)c1ccc2c(c1)N(Cc1cccc(C)c1)C(=O)/C(=C/c1ccccc1)S2)C1CCCCC1. The van der Waals surface area contributed by atoms with E-state index < -0.39 is 0 Å². The lowest BCUT2D eigenvalue weighted by molar-refractivity contribution is -0.114. The van der Waals surface area contributed by atoms with E-state index >= 15 is 0 Å². The first-order valence-corrected chi connectivity index (χ1v) is 16.2. The zero-order valence-corrected chi connectivity index (χ0v) is 26.0. The van der Waals surface area contributed by atoms with Crippen LogP contribution in [-0.4, -0.2) is 41.9 Å². The van der Waals surface area contributed by atoms with E-state index in [2.05, 4.69) is 43.1 Å². The topological polar surface area (TPSA) is 52.7 Å². The molecule has 1 unspecified atom stereocenters. The van der Waals surface area contributed by atoms with Crippen LogP contribution in [0.1, 0.15) is 79.4 Å². The van der Waals surface area contributed by atoms with Crippen LogP contribution in [0, 0.1) is 6.92 Å². The fourth-order valence-corrected chi connectivity index (χ4v) is 7.15. The van der Waals surface area contributed by atoms with Crippen LogP contribution in [0.25, 0.3) is 6.08 Å². The van der Waals surface area contributed by atoms with Crippen molar-refractivity contribution in [2.24, 2.45) is 0 Å². The molecule has 1 aliphatic carbocycles. The number of aryl methyl sites for hydroxylation is 1. The van der Waals surface area contributed by atoms with Crippen molar-refractivity contribution in [2.45, 2.75) is 82.8 Å². The third-order valence-corrected chi connectivity index (χ3v) is 9.64. The number of fused-ring (bicyclic) bond motifs is 1. The smallest absolute Gasteiger partial charge is 0.265 e. The summed E-state index contributed by atoms with van der Waals surface area (Å²) in [5, 5.41) is 3.18. The molecule has 0 bridgehead atoms. The van der Waals surface area contributed by atoms with Crippen molar-refractivity contribution in [1.29, 1.82) is 0 Å². The molecule has 2 amide bonds.